The molecule has 1 heterocycles. The van der Waals surface area contributed by atoms with Crippen molar-refractivity contribution in [2.24, 2.45) is 0 Å². The number of amides is 2. The van der Waals surface area contributed by atoms with Crippen LogP contribution in [-0.2, 0) is 0 Å². The van der Waals surface area contributed by atoms with E-state index < -0.39 is 0 Å². The van der Waals surface area contributed by atoms with Crippen molar-refractivity contribution in [3.8, 4) is 11.5 Å². The van der Waals surface area contributed by atoms with Crippen molar-refractivity contribution >= 4 is 11.8 Å². The van der Waals surface area contributed by atoms with Gasteiger partial charge in [0.1, 0.15) is 11.5 Å². The maximum Gasteiger partial charge on any atom is 0.257 e. The lowest BCUT2D eigenvalue weighted by Gasteiger charge is -2.23. The van der Waals surface area contributed by atoms with Crippen LogP contribution in [0.25, 0.3) is 0 Å². The molecule has 6 nitrogen and oxygen atoms in total. The number of hydrogen-bond acceptors (Lipinski definition) is 4. The van der Waals surface area contributed by atoms with Gasteiger partial charge in [0.25, 0.3) is 11.8 Å². The normalized spacial score (nSPS) is 14.4. The predicted octanol–water partition coefficient (Wildman–Crippen LogP) is 2.69. The summed E-state index contributed by atoms with van der Waals surface area (Å²) in [6.45, 7) is 2.24. The second-order valence-electron chi connectivity index (χ2n) is 6.37. The lowest BCUT2D eigenvalue weighted by Crippen LogP contribution is -2.37. The molecule has 1 saturated heterocycles. The molecule has 0 N–H and O–H groups in total. The van der Waals surface area contributed by atoms with Crippen LogP contribution in [0.2, 0.25) is 0 Å². The van der Waals surface area contributed by atoms with E-state index in [9.17, 15) is 9.59 Å². The van der Waals surface area contributed by atoms with Crippen LogP contribution in [0.1, 0.15) is 27.1 Å². The van der Waals surface area contributed by atoms with Crippen LogP contribution < -0.4 is 9.47 Å². The second-order valence-corrected chi connectivity index (χ2v) is 6.37. The zero-order valence-corrected chi connectivity index (χ0v) is 15.7. The van der Waals surface area contributed by atoms with E-state index in [4.69, 9.17) is 9.47 Å². The largest absolute Gasteiger partial charge is 0.497 e. The highest BCUT2D eigenvalue weighted by molar-refractivity contribution is 5.97. The number of methoxy groups -OCH3 is 2. The van der Waals surface area contributed by atoms with Crippen LogP contribution in [0.15, 0.2) is 48.5 Å². The van der Waals surface area contributed by atoms with Gasteiger partial charge in [-0.1, -0.05) is 12.1 Å². The van der Waals surface area contributed by atoms with E-state index >= 15 is 0 Å². The van der Waals surface area contributed by atoms with Gasteiger partial charge in [0.2, 0.25) is 0 Å². The number of nitrogens with zero attached hydrogens (tertiary/aromatic N) is 2. The van der Waals surface area contributed by atoms with Crippen molar-refractivity contribution in [3.63, 3.8) is 0 Å². The number of para-hydroxylation sites is 1. The van der Waals surface area contributed by atoms with E-state index in [0.29, 0.717) is 43.1 Å². The molecule has 27 heavy (non-hydrogen) atoms. The smallest absolute Gasteiger partial charge is 0.257 e. The summed E-state index contributed by atoms with van der Waals surface area (Å²) >= 11 is 0. The molecule has 2 aromatic carbocycles. The molecule has 0 aliphatic carbocycles. The van der Waals surface area contributed by atoms with Gasteiger partial charge in [-0.3, -0.25) is 9.59 Å². The zero-order chi connectivity index (χ0) is 19.2. The molecule has 0 bridgehead atoms. The molecule has 1 fully saturated rings. The summed E-state index contributed by atoms with van der Waals surface area (Å²) in [6, 6.07) is 14.3. The van der Waals surface area contributed by atoms with Crippen LogP contribution in [0.5, 0.6) is 11.5 Å². The summed E-state index contributed by atoms with van der Waals surface area (Å²) in [5.74, 6) is 1.20. The molecular weight excluding hydrogens is 344 g/mol. The molecule has 2 amide bonds. The molecule has 0 radical (unpaired) electrons. The zero-order valence-electron chi connectivity index (χ0n) is 15.7. The molecule has 6 heteroatoms. The van der Waals surface area contributed by atoms with Crippen molar-refractivity contribution in [3.05, 3.63) is 59.7 Å². The Kier molecular flexibility index (Phi) is 5.96. The molecular formula is C21H24N2O4. The van der Waals surface area contributed by atoms with Gasteiger partial charge in [0, 0.05) is 31.7 Å². The fourth-order valence-electron chi connectivity index (χ4n) is 3.23. The minimum Gasteiger partial charge on any atom is -0.497 e. The standard InChI is InChI=1S/C21H24N2O4/c1-26-17-10-8-16(9-11-17)20(24)22-12-5-13-23(15-14-22)21(25)18-6-3-4-7-19(18)27-2/h3-4,6-11H,5,12-15H2,1-2H3. The number of carbonyl (C=O) groups is 2. The molecule has 0 atom stereocenters. The average molecular weight is 368 g/mol. The molecule has 0 spiro atoms. The van der Waals surface area contributed by atoms with E-state index in [-0.39, 0.29) is 11.8 Å². The van der Waals surface area contributed by atoms with E-state index in [0.717, 1.165) is 12.2 Å². The lowest BCUT2D eigenvalue weighted by atomic mass is 10.1. The summed E-state index contributed by atoms with van der Waals surface area (Å²) in [7, 11) is 3.16. The number of benzene rings is 2. The van der Waals surface area contributed by atoms with Crippen LogP contribution in [0, 0.1) is 0 Å². The third kappa shape index (κ3) is 4.22. The van der Waals surface area contributed by atoms with Crippen molar-refractivity contribution < 1.29 is 19.1 Å². The third-order valence-corrected chi connectivity index (χ3v) is 4.74. The molecule has 2 aromatic rings. The Hall–Kier alpha value is -3.02. The lowest BCUT2D eigenvalue weighted by molar-refractivity contribution is 0.0717. The van der Waals surface area contributed by atoms with Crippen LogP contribution in [0.3, 0.4) is 0 Å². The first kappa shape index (κ1) is 18.8. The van der Waals surface area contributed by atoms with Gasteiger partial charge >= 0.3 is 0 Å². The third-order valence-electron chi connectivity index (χ3n) is 4.74. The fourth-order valence-corrected chi connectivity index (χ4v) is 3.23. The van der Waals surface area contributed by atoms with Gasteiger partial charge in [0.15, 0.2) is 0 Å². The van der Waals surface area contributed by atoms with Crippen LogP contribution in [-0.4, -0.2) is 62.0 Å². The maximum absolute atomic E-state index is 12.9. The Bertz CT molecular complexity index is 804. The van der Waals surface area contributed by atoms with Gasteiger partial charge in [-0.2, -0.15) is 0 Å². The topological polar surface area (TPSA) is 59.1 Å². The van der Waals surface area contributed by atoms with E-state index in [1.54, 1.807) is 60.4 Å². The van der Waals surface area contributed by atoms with Gasteiger partial charge in [-0.15, -0.1) is 0 Å². The summed E-state index contributed by atoms with van der Waals surface area (Å²) < 4.78 is 10.4. The first-order valence-electron chi connectivity index (χ1n) is 8.99. The highest BCUT2D eigenvalue weighted by atomic mass is 16.5. The molecule has 0 saturated carbocycles. The Morgan fingerprint density at radius 3 is 2.04 bits per heavy atom. The van der Waals surface area contributed by atoms with Crippen LogP contribution >= 0.6 is 0 Å². The summed E-state index contributed by atoms with van der Waals surface area (Å²) in [5.41, 5.74) is 1.18. The quantitative estimate of drug-likeness (QED) is 0.833. The first-order valence-corrected chi connectivity index (χ1v) is 8.99. The molecule has 142 valence electrons. The fraction of sp³-hybridized carbons (Fsp3) is 0.333. The molecule has 1 aliphatic rings. The van der Waals surface area contributed by atoms with Gasteiger partial charge in [0.05, 0.1) is 19.8 Å². The summed E-state index contributed by atoms with van der Waals surface area (Å²) in [4.78, 5) is 29.2. The Morgan fingerprint density at radius 2 is 1.41 bits per heavy atom. The Morgan fingerprint density at radius 1 is 0.778 bits per heavy atom. The monoisotopic (exact) mass is 368 g/mol. The average Bonchev–Trinajstić information content (AvgIpc) is 2.99. The van der Waals surface area contributed by atoms with E-state index in [1.807, 2.05) is 12.1 Å². The molecule has 1 aliphatic heterocycles. The summed E-state index contributed by atoms with van der Waals surface area (Å²) in [6.07, 6.45) is 0.739. The minimum absolute atomic E-state index is 0.0238. The van der Waals surface area contributed by atoms with Crippen LogP contribution in [0.4, 0.5) is 0 Å². The second kappa shape index (κ2) is 8.58. The molecule has 0 aromatic heterocycles. The van der Waals surface area contributed by atoms with Crippen molar-refractivity contribution in [2.75, 3.05) is 40.4 Å². The van der Waals surface area contributed by atoms with Crippen molar-refractivity contribution in [2.45, 2.75) is 6.42 Å². The van der Waals surface area contributed by atoms with E-state index in [2.05, 4.69) is 0 Å². The van der Waals surface area contributed by atoms with Gasteiger partial charge in [-0.05, 0) is 42.8 Å². The minimum atomic E-state index is -0.0637. The number of rotatable bonds is 4. The maximum atomic E-state index is 12.9. The number of carbonyl (C=O) groups excluding carboxylic acids is 2. The van der Waals surface area contributed by atoms with Gasteiger partial charge in [-0.25, -0.2) is 0 Å². The van der Waals surface area contributed by atoms with Crippen molar-refractivity contribution in [1.82, 2.24) is 9.80 Å². The highest BCUT2D eigenvalue weighted by Crippen LogP contribution is 2.21. The number of hydrogen-bond donors (Lipinski definition) is 0. The van der Waals surface area contributed by atoms with Gasteiger partial charge < -0.3 is 19.3 Å². The summed E-state index contributed by atoms with van der Waals surface area (Å²) in [5, 5.41) is 0. The Balaban J connectivity index is 1.67. The highest BCUT2D eigenvalue weighted by Gasteiger charge is 2.25. The van der Waals surface area contributed by atoms with Crippen molar-refractivity contribution in [1.29, 1.82) is 0 Å². The Labute approximate surface area is 159 Å². The predicted molar refractivity (Wildman–Crippen MR) is 102 cm³/mol. The SMILES string of the molecule is COc1ccc(C(=O)N2CCCN(C(=O)c3ccccc3OC)CC2)cc1. The first-order chi connectivity index (χ1) is 13.1. The number of ether oxygens (including phenoxy) is 2. The van der Waals surface area contributed by atoms with E-state index in [1.165, 1.54) is 0 Å². The molecule has 0 unspecified atom stereocenters. The molecule has 3 rings (SSSR count).